The van der Waals surface area contributed by atoms with E-state index in [0.29, 0.717) is 19.7 Å². The molecular weight excluding hydrogens is 332 g/mol. The van der Waals surface area contributed by atoms with Crippen LogP contribution in [0.1, 0.15) is 25.7 Å². The molecule has 1 aliphatic heterocycles. The molecule has 25 heavy (non-hydrogen) atoms. The number of benzene rings is 1. The molecule has 2 fully saturated rings. The van der Waals surface area contributed by atoms with E-state index in [1.165, 1.54) is 0 Å². The van der Waals surface area contributed by atoms with Gasteiger partial charge in [0.25, 0.3) is 0 Å². The lowest BCUT2D eigenvalue weighted by Crippen LogP contribution is -2.52. The zero-order valence-electron chi connectivity index (χ0n) is 14.2. The van der Waals surface area contributed by atoms with Crippen LogP contribution in [0.4, 0.5) is 8.78 Å². The summed E-state index contributed by atoms with van der Waals surface area (Å²) >= 11 is 0. The van der Waals surface area contributed by atoms with Gasteiger partial charge in [-0.05, 0) is 12.8 Å². The van der Waals surface area contributed by atoms with Gasteiger partial charge in [-0.15, -0.1) is 0 Å². The Morgan fingerprint density at radius 2 is 1.76 bits per heavy atom. The van der Waals surface area contributed by atoms with Crippen LogP contribution in [0.5, 0.6) is 5.75 Å². The van der Waals surface area contributed by atoms with Crippen molar-refractivity contribution in [3.8, 4) is 5.75 Å². The first-order chi connectivity index (χ1) is 11.9. The first-order valence-corrected chi connectivity index (χ1v) is 8.70. The van der Waals surface area contributed by atoms with Crippen LogP contribution in [0.25, 0.3) is 0 Å². The van der Waals surface area contributed by atoms with Gasteiger partial charge >= 0.3 is 0 Å². The third-order valence-corrected chi connectivity index (χ3v) is 4.84. The maximum atomic E-state index is 13.2. The van der Waals surface area contributed by atoms with E-state index in [9.17, 15) is 19.0 Å². The van der Waals surface area contributed by atoms with E-state index in [4.69, 9.17) is 9.47 Å². The second-order valence-electron chi connectivity index (χ2n) is 7.31. The van der Waals surface area contributed by atoms with Crippen LogP contribution in [-0.4, -0.2) is 65.8 Å². The van der Waals surface area contributed by atoms with Crippen molar-refractivity contribution in [3.05, 3.63) is 29.8 Å². The molecule has 1 atom stereocenters. The van der Waals surface area contributed by atoms with Crippen LogP contribution in [0.2, 0.25) is 0 Å². The van der Waals surface area contributed by atoms with Crippen molar-refractivity contribution in [2.45, 2.75) is 36.9 Å². The molecular formula is C18H25F2NO4. The second-order valence-corrected chi connectivity index (χ2v) is 7.31. The molecule has 2 aliphatic rings. The Hall–Kier alpha value is -1.28. The Morgan fingerprint density at radius 3 is 2.44 bits per heavy atom. The zero-order valence-corrected chi connectivity index (χ0v) is 14.2. The Labute approximate surface area is 146 Å². The van der Waals surface area contributed by atoms with E-state index >= 15 is 0 Å². The van der Waals surface area contributed by atoms with Gasteiger partial charge in [-0.2, -0.15) is 0 Å². The fourth-order valence-corrected chi connectivity index (χ4v) is 3.66. The van der Waals surface area contributed by atoms with Crippen molar-refractivity contribution in [2.24, 2.45) is 0 Å². The molecule has 1 heterocycles. The lowest BCUT2D eigenvalue weighted by atomic mass is 10.00. The summed E-state index contributed by atoms with van der Waals surface area (Å²) in [6, 6.07) is 2.91. The number of hydrogen-bond donors (Lipinski definition) is 2. The standard InChI is InChI=1S/C18H25F2NO4/c19-14-7-15(20)9-16(8-14)25-13-18(23)11-21(5-6-24-12-18)10-17(22)3-1-2-4-17/h7-9,22-23H,1-6,10-13H2. The molecule has 0 spiro atoms. The van der Waals surface area contributed by atoms with E-state index in [1.807, 2.05) is 4.90 Å². The lowest BCUT2D eigenvalue weighted by molar-refractivity contribution is -0.0713. The molecule has 0 bridgehead atoms. The molecule has 1 aromatic carbocycles. The van der Waals surface area contributed by atoms with Gasteiger partial charge in [-0.1, -0.05) is 12.8 Å². The largest absolute Gasteiger partial charge is 0.490 e. The van der Waals surface area contributed by atoms with Crippen LogP contribution in [0.15, 0.2) is 18.2 Å². The minimum atomic E-state index is -1.31. The topological polar surface area (TPSA) is 62.2 Å². The summed E-state index contributed by atoms with van der Waals surface area (Å²) in [5.74, 6) is -1.44. The molecule has 1 saturated heterocycles. The minimum Gasteiger partial charge on any atom is -0.490 e. The van der Waals surface area contributed by atoms with Gasteiger partial charge in [-0.25, -0.2) is 8.78 Å². The molecule has 1 aromatic rings. The number of rotatable bonds is 5. The van der Waals surface area contributed by atoms with Crippen molar-refractivity contribution in [2.75, 3.05) is 39.5 Å². The summed E-state index contributed by atoms with van der Waals surface area (Å²) in [5, 5.41) is 21.4. The normalized spacial score (nSPS) is 27.2. The van der Waals surface area contributed by atoms with Crippen LogP contribution in [0.3, 0.4) is 0 Å². The fraction of sp³-hybridized carbons (Fsp3) is 0.667. The Morgan fingerprint density at radius 1 is 1.08 bits per heavy atom. The van der Waals surface area contributed by atoms with Crippen LogP contribution < -0.4 is 4.74 Å². The predicted molar refractivity (Wildman–Crippen MR) is 87.5 cm³/mol. The van der Waals surface area contributed by atoms with Gasteiger partial charge < -0.3 is 19.7 Å². The van der Waals surface area contributed by atoms with E-state index in [-0.39, 0.29) is 25.5 Å². The summed E-state index contributed by atoms with van der Waals surface area (Å²) in [7, 11) is 0. The molecule has 0 radical (unpaired) electrons. The molecule has 1 aliphatic carbocycles. The molecule has 2 N–H and O–H groups in total. The number of ether oxygens (including phenoxy) is 2. The van der Waals surface area contributed by atoms with Crippen molar-refractivity contribution < 1.29 is 28.5 Å². The number of halogens is 2. The highest BCUT2D eigenvalue weighted by Crippen LogP contribution is 2.31. The number of nitrogens with zero attached hydrogens (tertiary/aromatic N) is 1. The maximum absolute atomic E-state index is 13.2. The average molecular weight is 357 g/mol. The highest BCUT2D eigenvalue weighted by molar-refractivity contribution is 5.24. The first kappa shape index (κ1) is 18.5. The third-order valence-electron chi connectivity index (χ3n) is 4.84. The molecule has 0 aromatic heterocycles. The predicted octanol–water partition coefficient (Wildman–Crippen LogP) is 1.71. The fourth-order valence-electron chi connectivity index (χ4n) is 3.66. The van der Waals surface area contributed by atoms with E-state index in [2.05, 4.69) is 0 Å². The number of β-amino-alcohol motifs (C(OH)–C–C–N with tert-alkyl or cyclic N) is 2. The minimum absolute atomic E-state index is 0.0242. The van der Waals surface area contributed by atoms with Gasteiger partial charge in [0, 0.05) is 37.8 Å². The first-order valence-electron chi connectivity index (χ1n) is 8.70. The Kier molecular flexibility index (Phi) is 5.58. The van der Waals surface area contributed by atoms with Crippen molar-refractivity contribution in [3.63, 3.8) is 0 Å². The van der Waals surface area contributed by atoms with Crippen molar-refractivity contribution in [1.29, 1.82) is 0 Å². The number of hydrogen-bond acceptors (Lipinski definition) is 5. The maximum Gasteiger partial charge on any atom is 0.134 e. The third kappa shape index (κ3) is 5.10. The van der Waals surface area contributed by atoms with Gasteiger partial charge in [0.05, 0.1) is 18.8 Å². The SMILES string of the molecule is OC1(CN2CCOCC(O)(COc3cc(F)cc(F)c3)C2)CCCC1. The van der Waals surface area contributed by atoms with E-state index in [1.54, 1.807) is 0 Å². The second kappa shape index (κ2) is 7.53. The molecule has 7 heteroatoms. The molecule has 140 valence electrons. The Bertz CT molecular complexity index is 574. The van der Waals surface area contributed by atoms with Crippen molar-refractivity contribution >= 4 is 0 Å². The van der Waals surface area contributed by atoms with Gasteiger partial charge in [0.2, 0.25) is 0 Å². The summed E-state index contributed by atoms with van der Waals surface area (Å²) < 4.78 is 37.4. The van der Waals surface area contributed by atoms with Crippen molar-refractivity contribution in [1.82, 2.24) is 4.90 Å². The van der Waals surface area contributed by atoms with Crippen LogP contribution in [0, 0.1) is 11.6 Å². The summed E-state index contributed by atoms with van der Waals surface area (Å²) in [6.45, 7) is 1.73. The molecule has 1 saturated carbocycles. The van der Waals surface area contributed by atoms with Crippen LogP contribution >= 0.6 is 0 Å². The van der Waals surface area contributed by atoms with Gasteiger partial charge in [0.1, 0.15) is 29.6 Å². The molecule has 5 nitrogen and oxygen atoms in total. The molecule has 3 rings (SSSR count). The lowest BCUT2D eigenvalue weighted by Gasteiger charge is -2.34. The molecule has 1 unspecified atom stereocenters. The summed E-state index contributed by atoms with van der Waals surface area (Å²) in [5.41, 5.74) is -2.02. The van der Waals surface area contributed by atoms with Crippen LogP contribution in [-0.2, 0) is 4.74 Å². The zero-order chi connectivity index (χ0) is 17.9. The monoisotopic (exact) mass is 357 g/mol. The summed E-state index contributed by atoms with van der Waals surface area (Å²) in [4.78, 5) is 1.98. The van der Waals surface area contributed by atoms with Gasteiger partial charge in [0.15, 0.2) is 0 Å². The van der Waals surface area contributed by atoms with E-state index in [0.717, 1.165) is 43.9 Å². The highest BCUT2D eigenvalue weighted by Gasteiger charge is 2.38. The molecule has 0 amide bonds. The Balaban J connectivity index is 1.62. The van der Waals surface area contributed by atoms with E-state index < -0.39 is 22.8 Å². The number of aliphatic hydroxyl groups is 2. The highest BCUT2D eigenvalue weighted by atomic mass is 19.1. The smallest absolute Gasteiger partial charge is 0.134 e. The average Bonchev–Trinajstić information content (AvgIpc) is 2.86. The quantitative estimate of drug-likeness (QED) is 0.840. The van der Waals surface area contributed by atoms with Gasteiger partial charge in [-0.3, -0.25) is 4.90 Å². The summed E-state index contributed by atoms with van der Waals surface area (Å²) in [6.07, 6.45) is 3.56.